The lowest BCUT2D eigenvalue weighted by Crippen LogP contribution is -1.97. The van der Waals surface area contributed by atoms with Crippen LogP contribution in [0.25, 0.3) is 5.57 Å². The highest BCUT2D eigenvalue weighted by Gasteiger charge is 2.13. The van der Waals surface area contributed by atoms with Gasteiger partial charge in [0, 0.05) is 0 Å². The molecular weight excluding hydrogens is 264 g/mol. The van der Waals surface area contributed by atoms with Gasteiger partial charge in [-0.1, -0.05) is 80.1 Å². The summed E-state index contributed by atoms with van der Waals surface area (Å²) in [5.74, 6) is 0. The van der Waals surface area contributed by atoms with E-state index < -0.39 is 0 Å². The fourth-order valence-electron chi connectivity index (χ4n) is 3.29. The van der Waals surface area contributed by atoms with Crippen molar-refractivity contribution in [3.63, 3.8) is 0 Å². The van der Waals surface area contributed by atoms with E-state index in [1.54, 1.807) is 5.57 Å². The van der Waals surface area contributed by atoms with Gasteiger partial charge in [-0.25, -0.2) is 0 Å². The number of aryl methyl sites for hydroxylation is 2. The van der Waals surface area contributed by atoms with Crippen molar-refractivity contribution in [2.24, 2.45) is 0 Å². The summed E-state index contributed by atoms with van der Waals surface area (Å²) in [7, 11) is 0. The zero-order valence-electron chi connectivity index (χ0n) is 13.4. The molecule has 0 radical (unpaired) electrons. The number of hydrogen-bond donors (Lipinski definition) is 0. The Balaban J connectivity index is 1.83. The first kappa shape index (κ1) is 14.8. The third kappa shape index (κ3) is 3.39. The van der Waals surface area contributed by atoms with Crippen LogP contribution < -0.4 is 0 Å². The van der Waals surface area contributed by atoms with Gasteiger partial charge in [0.15, 0.2) is 0 Å². The maximum atomic E-state index is 2.33. The lowest BCUT2D eigenvalue weighted by atomic mass is 9.92. The lowest BCUT2D eigenvalue weighted by molar-refractivity contribution is 0.926. The van der Waals surface area contributed by atoms with E-state index in [-0.39, 0.29) is 0 Å². The fourth-order valence-corrected chi connectivity index (χ4v) is 3.29. The van der Waals surface area contributed by atoms with E-state index >= 15 is 0 Å². The molecule has 0 bridgehead atoms. The van der Waals surface area contributed by atoms with Crippen molar-refractivity contribution in [1.29, 1.82) is 0 Å². The van der Waals surface area contributed by atoms with E-state index in [1.807, 2.05) is 0 Å². The first-order valence-corrected chi connectivity index (χ1v) is 8.39. The van der Waals surface area contributed by atoms with Crippen molar-refractivity contribution < 1.29 is 0 Å². The maximum Gasteiger partial charge on any atom is -0.00854 e. The molecule has 0 unspecified atom stereocenters. The van der Waals surface area contributed by atoms with Crippen LogP contribution in [-0.4, -0.2) is 0 Å². The van der Waals surface area contributed by atoms with Crippen LogP contribution >= 0.6 is 0 Å². The molecule has 2 aromatic rings. The second-order valence-corrected chi connectivity index (χ2v) is 6.00. The second-order valence-electron chi connectivity index (χ2n) is 6.00. The molecule has 2 aromatic carbocycles. The highest BCUT2D eigenvalue weighted by molar-refractivity contribution is 5.76. The van der Waals surface area contributed by atoms with Gasteiger partial charge in [0.25, 0.3) is 0 Å². The first-order chi connectivity index (χ1) is 10.9. The lowest BCUT2D eigenvalue weighted by Gasteiger charge is -2.13. The quantitative estimate of drug-likeness (QED) is 0.613. The second kappa shape index (κ2) is 7.26. The SMILES string of the molecule is CCCC1=C(c2ccccc2CCc2ccccc2)CC=C1. The number of allylic oxidation sites excluding steroid dienone is 4. The number of benzene rings is 2. The smallest absolute Gasteiger partial charge is 0.00854 e. The molecule has 0 spiro atoms. The van der Waals surface area contributed by atoms with Crippen molar-refractivity contribution in [3.8, 4) is 0 Å². The summed E-state index contributed by atoms with van der Waals surface area (Å²) < 4.78 is 0. The summed E-state index contributed by atoms with van der Waals surface area (Å²) in [6.07, 6.45) is 10.4. The Morgan fingerprint density at radius 3 is 2.41 bits per heavy atom. The zero-order chi connectivity index (χ0) is 15.2. The van der Waals surface area contributed by atoms with E-state index in [1.165, 1.54) is 35.1 Å². The van der Waals surface area contributed by atoms with Crippen LogP contribution in [0.3, 0.4) is 0 Å². The summed E-state index contributed by atoms with van der Waals surface area (Å²) in [6, 6.07) is 19.7. The Morgan fingerprint density at radius 1 is 0.818 bits per heavy atom. The van der Waals surface area contributed by atoms with Crippen LogP contribution in [0.5, 0.6) is 0 Å². The van der Waals surface area contributed by atoms with Crippen molar-refractivity contribution in [2.75, 3.05) is 0 Å². The van der Waals surface area contributed by atoms with Gasteiger partial charge in [0.05, 0.1) is 0 Å². The molecule has 0 saturated carbocycles. The third-order valence-corrected chi connectivity index (χ3v) is 4.42. The molecule has 1 aliphatic carbocycles. The molecule has 0 atom stereocenters. The Kier molecular flexibility index (Phi) is 4.90. The Bertz CT molecular complexity index is 674. The standard InChI is InChI=1S/C22H24/c1-2-9-19-13-8-15-22(19)21-14-7-6-12-20(21)17-16-18-10-4-3-5-11-18/h3-8,10-14H,2,9,15-17H2,1H3. The summed E-state index contributed by atoms with van der Waals surface area (Å²) in [5, 5.41) is 0. The minimum atomic E-state index is 1.09. The van der Waals surface area contributed by atoms with Crippen molar-refractivity contribution in [1.82, 2.24) is 0 Å². The van der Waals surface area contributed by atoms with Crippen molar-refractivity contribution in [3.05, 3.63) is 89.0 Å². The molecule has 1 aliphatic rings. The minimum Gasteiger partial charge on any atom is -0.0798 e. The van der Waals surface area contributed by atoms with Crippen LogP contribution in [-0.2, 0) is 12.8 Å². The largest absolute Gasteiger partial charge is 0.0798 e. The predicted molar refractivity (Wildman–Crippen MR) is 95.9 cm³/mol. The van der Waals surface area contributed by atoms with Crippen LogP contribution in [0.2, 0.25) is 0 Å². The summed E-state index contributed by atoms with van der Waals surface area (Å²) in [6.45, 7) is 2.26. The predicted octanol–water partition coefficient (Wildman–Crippen LogP) is 5.99. The van der Waals surface area contributed by atoms with Crippen LogP contribution in [0.15, 0.2) is 72.3 Å². The van der Waals surface area contributed by atoms with Crippen LogP contribution in [0.4, 0.5) is 0 Å². The van der Waals surface area contributed by atoms with E-state index in [9.17, 15) is 0 Å². The van der Waals surface area contributed by atoms with Crippen LogP contribution in [0.1, 0.15) is 42.9 Å². The third-order valence-electron chi connectivity index (χ3n) is 4.42. The van der Waals surface area contributed by atoms with Crippen molar-refractivity contribution in [2.45, 2.75) is 39.0 Å². The molecule has 0 aromatic heterocycles. The Morgan fingerprint density at radius 2 is 1.59 bits per heavy atom. The van der Waals surface area contributed by atoms with E-state index in [0.717, 1.165) is 19.3 Å². The summed E-state index contributed by atoms with van der Waals surface area (Å²) in [4.78, 5) is 0. The Hall–Kier alpha value is -2.08. The molecule has 0 saturated heterocycles. The van der Waals surface area contributed by atoms with Gasteiger partial charge in [-0.2, -0.15) is 0 Å². The molecule has 0 aliphatic heterocycles. The minimum absolute atomic E-state index is 1.09. The van der Waals surface area contributed by atoms with Crippen molar-refractivity contribution >= 4 is 5.57 Å². The van der Waals surface area contributed by atoms with Gasteiger partial charge < -0.3 is 0 Å². The molecule has 0 N–H and O–H groups in total. The normalized spacial score (nSPS) is 13.9. The molecule has 3 rings (SSSR count). The molecule has 0 heterocycles. The monoisotopic (exact) mass is 288 g/mol. The number of rotatable bonds is 6. The van der Waals surface area contributed by atoms with Gasteiger partial charge in [-0.05, 0) is 53.5 Å². The van der Waals surface area contributed by atoms with E-state index in [4.69, 9.17) is 0 Å². The summed E-state index contributed by atoms with van der Waals surface area (Å²) in [5.41, 5.74) is 7.45. The Labute approximate surface area is 134 Å². The molecular formula is C22H24. The molecule has 112 valence electrons. The van der Waals surface area contributed by atoms with E-state index in [0.29, 0.717) is 0 Å². The highest BCUT2D eigenvalue weighted by atomic mass is 14.2. The molecule has 22 heavy (non-hydrogen) atoms. The fraction of sp³-hybridized carbons (Fsp3) is 0.273. The molecule has 0 amide bonds. The first-order valence-electron chi connectivity index (χ1n) is 8.39. The van der Waals surface area contributed by atoms with Gasteiger partial charge >= 0.3 is 0 Å². The topological polar surface area (TPSA) is 0 Å². The average Bonchev–Trinajstić information content (AvgIpc) is 3.03. The molecule has 0 heteroatoms. The van der Waals surface area contributed by atoms with Gasteiger partial charge in [0.1, 0.15) is 0 Å². The van der Waals surface area contributed by atoms with E-state index in [2.05, 4.69) is 73.7 Å². The van der Waals surface area contributed by atoms with Gasteiger partial charge in [0.2, 0.25) is 0 Å². The van der Waals surface area contributed by atoms with Gasteiger partial charge in [-0.15, -0.1) is 0 Å². The molecule has 0 nitrogen and oxygen atoms in total. The maximum absolute atomic E-state index is 2.33. The molecule has 0 fully saturated rings. The van der Waals surface area contributed by atoms with Crippen LogP contribution in [0, 0.1) is 0 Å². The number of hydrogen-bond acceptors (Lipinski definition) is 0. The zero-order valence-corrected chi connectivity index (χ0v) is 13.4. The summed E-state index contributed by atoms with van der Waals surface area (Å²) >= 11 is 0. The highest BCUT2D eigenvalue weighted by Crippen LogP contribution is 2.33. The van der Waals surface area contributed by atoms with Gasteiger partial charge in [-0.3, -0.25) is 0 Å². The average molecular weight is 288 g/mol.